The summed E-state index contributed by atoms with van der Waals surface area (Å²) in [6, 6.07) is 7.49. The van der Waals surface area contributed by atoms with E-state index in [4.69, 9.17) is 16.7 Å². The van der Waals surface area contributed by atoms with Crippen LogP contribution in [0.3, 0.4) is 0 Å². The monoisotopic (exact) mass is 222 g/mol. The van der Waals surface area contributed by atoms with E-state index in [1.165, 1.54) is 0 Å². The number of benzene rings is 1. The van der Waals surface area contributed by atoms with Gasteiger partial charge in [-0.05, 0) is 12.1 Å². The maximum atomic E-state index is 8.97. The minimum atomic E-state index is -0.0472. The van der Waals surface area contributed by atoms with Gasteiger partial charge in [-0.1, -0.05) is 23.7 Å². The third-order valence-corrected chi connectivity index (χ3v) is 2.41. The summed E-state index contributed by atoms with van der Waals surface area (Å²) in [7, 11) is 1.89. The van der Waals surface area contributed by atoms with Crippen LogP contribution >= 0.6 is 11.6 Å². The molecule has 0 aliphatic heterocycles. The second-order valence-corrected chi connectivity index (χ2v) is 3.77. The van der Waals surface area contributed by atoms with Gasteiger partial charge in [-0.2, -0.15) is 0 Å². The summed E-state index contributed by atoms with van der Waals surface area (Å²) in [5, 5.41) is 9.66. The van der Waals surface area contributed by atoms with Crippen molar-refractivity contribution in [2.75, 3.05) is 0 Å². The van der Waals surface area contributed by atoms with E-state index in [9.17, 15) is 0 Å². The Morgan fingerprint density at radius 3 is 2.87 bits per heavy atom. The minimum Gasteiger partial charge on any atom is -0.390 e. The molecule has 0 aliphatic carbocycles. The molecule has 0 fully saturated rings. The van der Waals surface area contributed by atoms with Crippen molar-refractivity contribution in [1.29, 1.82) is 0 Å². The lowest BCUT2D eigenvalue weighted by atomic mass is 10.2. The number of rotatable bonds is 2. The molecule has 1 aromatic heterocycles. The molecular weight excluding hydrogens is 212 g/mol. The van der Waals surface area contributed by atoms with Gasteiger partial charge in [0.2, 0.25) is 0 Å². The number of aryl methyl sites for hydroxylation is 1. The highest BCUT2D eigenvalue weighted by molar-refractivity contribution is 6.30. The molecule has 0 saturated heterocycles. The Balaban J connectivity index is 2.48. The largest absolute Gasteiger partial charge is 0.390 e. The molecular formula is C11H11ClN2O. The van der Waals surface area contributed by atoms with Gasteiger partial charge in [0.05, 0.1) is 12.3 Å². The lowest BCUT2D eigenvalue weighted by Gasteiger charge is -2.01. The number of aliphatic hydroxyl groups is 1. The molecule has 0 aliphatic rings. The lowest BCUT2D eigenvalue weighted by molar-refractivity contribution is 0.277. The second kappa shape index (κ2) is 4.04. The minimum absolute atomic E-state index is 0.0472. The highest BCUT2D eigenvalue weighted by Gasteiger charge is 2.06. The first-order chi connectivity index (χ1) is 7.20. The van der Waals surface area contributed by atoms with E-state index in [1.54, 1.807) is 6.20 Å². The number of aromatic nitrogens is 2. The van der Waals surface area contributed by atoms with Gasteiger partial charge in [-0.15, -0.1) is 0 Å². The molecule has 0 radical (unpaired) electrons. The van der Waals surface area contributed by atoms with E-state index < -0.39 is 0 Å². The van der Waals surface area contributed by atoms with Crippen molar-refractivity contribution in [3.05, 3.63) is 41.2 Å². The average molecular weight is 223 g/mol. The summed E-state index contributed by atoms with van der Waals surface area (Å²) in [4.78, 5) is 4.29. The molecule has 78 valence electrons. The Labute approximate surface area is 93.0 Å². The van der Waals surface area contributed by atoms with E-state index in [0.29, 0.717) is 10.7 Å². The summed E-state index contributed by atoms with van der Waals surface area (Å²) in [6.07, 6.45) is 1.80. The van der Waals surface area contributed by atoms with Gasteiger partial charge in [0.25, 0.3) is 0 Å². The van der Waals surface area contributed by atoms with Crippen LogP contribution in [0.2, 0.25) is 5.02 Å². The summed E-state index contributed by atoms with van der Waals surface area (Å²) in [5.41, 5.74) is 1.61. The molecule has 0 unspecified atom stereocenters. The molecule has 2 rings (SSSR count). The molecule has 0 spiro atoms. The van der Waals surface area contributed by atoms with Crippen LogP contribution in [0.15, 0.2) is 30.5 Å². The fourth-order valence-electron chi connectivity index (χ4n) is 1.50. The van der Waals surface area contributed by atoms with Crippen molar-refractivity contribution in [3.63, 3.8) is 0 Å². The molecule has 1 N–H and O–H groups in total. The number of aliphatic hydroxyl groups excluding tert-OH is 1. The van der Waals surface area contributed by atoms with Crippen molar-refractivity contribution in [2.45, 2.75) is 6.61 Å². The van der Waals surface area contributed by atoms with Gasteiger partial charge in [0.1, 0.15) is 5.82 Å². The molecule has 1 aromatic carbocycles. The van der Waals surface area contributed by atoms with E-state index in [0.717, 1.165) is 11.4 Å². The van der Waals surface area contributed by atoms with Crippen molar-refractivity contribution in [2.24, 2.45) is 7.05 Å². The molecule has 15 heavy (non-hydrogen) atoms. The summed E-state index contributed by atoms with van der Waals surface area (Å²) < 4.78 is 1.87. The summed E-state index contributed by atoms with van der Waals surface area (Å²) >= 11 is 5.90. The van der Waals surface area contributed by atoms with Gasteiger partial charge in [0, 0.05) is 23.8 Å². The van der Waals surface area contributed by atoms with Gasteiger partial charge in [-0.25, -0.2) is 4.98 Å². The SMILES string of the molecule is Cn1cc(CO)nc1-c1cccc(Cl)c1. The van der Waals surface area contributed by atoms with E-state index in [2.05, 4.69) is 4.98 Å². The Bertz CT molecular complexity index is 479. The average Bonchev–Trinajstić information content (AvgIpc) is 2.60. The standard InChI is InChI=1S/C11H11ClN2O/c1-14-6-10(7-15)13-11(14)8-3-2-4-9(12)5-8/h2-6,15H,7H2,1H3. The second-order valence-electron chi connectivity index (χ2n) is 3.34. The Morgan fingerprint density at radius 2 is 2.27 bits per heavy atom. The first-order valence-electron chi connectivity index (χ1n) is 4.60. The van der Waals surface area contributed by atoms with Crippen LogP contribution in [-0.2, 0) is 13.7 Å². The first kappa shape index (κ1) is 10.2. The number of hydrogen-bond acceptors (Lipinski definition) is 2. The summed E-state index contributed by atoms with van der Waals surface area (Å²) in [6.45, 7) is -0.0472. The fraction of sp³-hybridized carbons (Fsp3) is 0.182. The van der Waals surface area contributed by atoms with Crippen LogP contribution < -0.4 is 0 Å². The normalized spacial score (nSPS) is 10.6. The van der Waals surface area contributed by atoms with Crippen LogP contribution in [0.4, 0.5) is 0 Å². The molecule has 0 saturated carbocycles. The van der Waals surface area contributed by atoms with Crippen molar-refractivity contribution >= 4 is 11.6 Å². The molecule has 1 heterocycles. The van der Waals surface area contributed by atoms with Gasteiger partial charge < -0.3 is 9.67 Å². The molecule has 3 nitrogen and oxygen atoms in total. The van der Waals surface area contributed by atoms with Gasteiger partial charge in [-0.3, -0.25) is 0 Å². The van der Waals surface area contributed by atoms with Crippen LogP contribution in [0.1, 0.15) is 5.69 Å². The number of hydrogen-bond donors (Lipinski definition) is 1. The van der Waals surface area contributed by atoms with Crippen molar-refractivity contribution < 1.29 is 5.11 Å². The van der Waals surface area contributed by atoms with Crippen LogP contribution in [-0.4, -0.2) is 14.7 Å². The predicted octanol–water partition coefficient (Wildman–Crippen LogP) is 2.23. The predicted molar refractivity (Wildman–Crippen MR) is 59.6 cm³/mol. The summed E-state index contributed by atoms with van der Waals surface area (Å²) in [5.74, 6) is 0.807. The third kappa shape index (κ3) is 2.03. The van der Waals surface area contributed by atoms with E-state index in [1.807, 2.05) is 35.9 Å². The zero-order valence-electron chi connectivity index (χ0n) is 8.31. The van der Waals surface area contributed by atoms with Crippen LogP contribution in [0.25, 0.3) is 11.4 Å². The number of imidazole rings is 1. The van der Waals surface area contributed by atoms with Crippen molar-refractivity contribution in [3.8, 4) is 11.4 Å². The van der Waals surface area contributed by atoms with Crippen molar-refractivity contribution in [1.82, 2.24) is 9.55 Å². The highest BCUT2D eigenvalue weighted by Crippen LogP contribution is 2.21. The quantitative estimate of drug-likeness (QED) is 0.846. The zero-order valence-corrected chi connectivity index (χ0v) is 9.07. The smallest absolute Gasteiger partial charge is 0.140 e. The molecule has 0 amide bonds. The van der Waals surface area contributed by atoms with E-state index >= 15 is 0 Å². The number of halogens is 1. The van der Waals surface area contributed by atoms with Crippen LogP contribution in [0.5, 0.6) is 0 Å². The molecule has 4 heteroatoms. The van der Waals surface area contributed by atoms with Crippen LogP contribution in [0, 0.1) is 0 Å². The Kier molecular flexibility index (Phi) is 2.75. The highest BCUT2D eigenvalue weighted by atomic mass is 35.5. The van der Waals surface area contributed by atoms with Gasteiger partial charge in [0.15, 0.2) is 0 Å². The molecule has 0 bridgehead atoms. The fourth-order valence-corrected chi connectivity index (χ4v) is 1.69. The van der Waals surface area contributed by atoms with E-state index in [-0.39, 0.29) is 6.61 Å². The lowest BCUT2D eigenvalue weighted by Crippen LogP contribution is -1.90. The van der Waals surface area contributed by atoms with Gasteiger partial charge >= 0.3 is 0 Å². The molecule has 2 aromatic rings. The Morgan fingerprint density at radius 1 is 1.47 bits per heavy atom. The first-order valence-corrected chi connectivity index (χ1v) is 4.97. The third-order valence-electron chi connectivity index (χ3n) is 2.17. The maximum Gasteiger partial charge on any atom is 0.140 e. The topological polar surface area (TPSA) is 38.0 Å². The Hall–Kier alpha value is -1.32. The number of nitrogens with zero attached hydrogens (tertiary/aromatic N) is 2. The molecule has 0 atom stereocenters. The zero-order chi connectivity index (χ0) is 10.8. The maximum absolute atomic E-state index is 8.97.